The van der Waals surface area contributed by atoms with Crippen LogP contribution >= 0.6 is 0 Å². The number of carbonyl (C=O) groups excluding carboxylic acids is 2. The average molecular weight is 340 g/mol. The fourth-order valence-corrected chi connectivity index (χ4v) is 2.11. The van der Waals surface area contributed by atoms with Gasteiger partial charge in [0, 0.05) is 0 Å². The number of benzene rings is 2. The van der Waals surface area contributed by atoms with Gasteiger partial charge >= 0.3 is 11.9 Å². The Labute approximate surface area is 146 Å². The number of aromatic hydroxyl groups is 1. The molecule has 0 radical (unpaired) electrons. The van der Waals surface area contributed by atoms with Crippen molar-refractivity contribution in [1.29, 1.82) is 0 Å². The average Bonchev–Trinajstić information content (AvgIpc) is 2.62. The molecule has 0 aliphatic rings. The number of esters is 2. The lowest BCUT2D eigenvalue weighted by Gasteiger charge is -2.10. The fraction of sp³-hybridized carbons (Fsp3) is 0.200. The molecule has 0 bridgehead atoms. The van der Waals surface area contributed by atoms with Gasteiger partial charge in [0.1, 0.15) is 22.6 Å². The Morgan fingerprint density at radius 3 is 2.36 bits per heavy atom. The molecule has 0 aliphatic heterocycles. The van der Waals surface area contributed by atoms with Gasteiger partial charge in [-0.05, 0) is 37.1 Å². The molecule has 130 valence electrons. The summed E-state index contributed by atoms with van der Waals surface area (Å²) in [6.07, 6.45) is 5.49. The molecule has 0 fully saturated rings. The van der Waals surface area contributed by atoms with E-state index in [1.165, 1.54) is 24.3 Å². The van der Waals surface area contributed by atoms with Gasteiger partial charge in [-0.1, -0.05) is 43.3 Å². The van der Waals surface area contributed by atoms with Crippen molar-refractivity contribution >= 4 is 11.9 Å². The first-order valence-electron chi connectivity index (χ1n) is 8.04. The maximum absolute atomic E-state index is 12.2. The summed E-state index contributed by atoms with van der Waals surface area (Å²) in [6, 6.07) is 12.4. The number of hydrogen-bond acceptors (Lipinski definition) is 5. The van der Waals surface area contributed by atoms with E-state index in [4.69, 9.17) is 9.47 Å². The minimum atomic E-state index is -0.746. The van der Waals surface area contributed by atoms with Crippen molar-refractivity contribution in [2.24, 2.45) is 0 Å². The third-order valence-corrected chi connectivity index (χ3v) is 3.35. The van der Waals surface area contributed by atoms with Crippen LogP contribution in [-0.4, -0.2) is 23.7 Å². The van der Waals surface area contributed by atoms with Gasteiger partial charge < -0.3 is 14.6 Å². The Hall–Kier alpha value is -3.08. The van der Waals surface area contributed by atoms with Gasteiger partial charge in [-0.15, -0.1) is 0 Å². The van der Waals surface area contributed by atoms with Crippen molar-refractivity contribution in [2.75, 3.05) is 6.61 Å². The molecular formula is C20H20O5. The molecule has 0 aliphatic carbocycles. The van der Waals surface area contributed by atoms with E-state index in [1.54, 1.807) is 24.3 Å². The number of hydrogen-bond donors (Lipinski definition) is 1. The Kier molecular flexibility index (Phi) is 6.77. The zero-order valence-corrected chi connectivity index (χ0v) is 14.0. The van der Waals surface area contributed by atoms with Gasteiger partial charge in [0.05, 0.1) is 6.61 Å². The molecule has 0 saturated heterocycles. The number of allylic oxidation sites excluding steroid dienone is 1. The lowest BCUT2D eigenvalue weighted by atomic mass is 10.2. The summed E-state index contributed by atoms with van der Waals surface area (Å²) in [6.45, 7) is 2.27. The quantitative estimate of drug-likeness (QED) is 0.355. The second-order valence-corrected chi connectivity index (χ2v) is 5.21. The van der Waals surface area contributed by atoms with Crippen LogP contribution in [0, 0.1) is 0 Å². The van der Waals surface area contributed by atoms with E-state index in [-0.39, 0.29) is 29.2 Å². The Morgan fingerprint density at radius 2 is 1.64 bits per heavy atom. The predicted octanol–water partition coefficient (Wildman–Crippen LogP) is 4.12. The maximum Gasteiger partial charge on any atom is 0.347 e. The van der Waals surface area contributed by atoms with Crippen molar-refractivity contribution in [3.05, 3.63) is 71.8 Å². The van der Waals surface area contributed by atoms with E-state index < -0.39 is 11.9 Å². The number of phenols is 1. The largest absolute Gasteiger partial charge is 0.507 e. The minimum absolute atomic E-state index is 0.0235. The van der Waals surface area contributed by atoms with E-state index in [0.717, 1.165) is 6.42 Å². The molecule has 0 heterocycles. The number of ether oxygens (including phenoxy) is 2. The molecule has 0 saturated carbocycles. The standard InChI is InChI=1S/C20H20O5/c1-2-3-4-9-14-24-19(22)16-11-6-8-13-18(16)25-20(23)15-10-5-7-12-17(15)21/h3-8,10-13,21H,2,9,14H2,1H3/b4-3-. The molecule has 2 aromatic rings. The van der Waals surface area contributed by atoms with Gasteiger partial charge in [0.2, 0.25) is 0 Å². The second kappa shape index (κ2) is 9.27. The van der Waals surface area contributed by atoms with Crippen LogP contribution in [0.2, 0.25) is 0 Å². The SMILES string of the molecule is CC/C=C\CCOC(=O)c1ccccc1OC(=O)c1ccccc1O. The van der Waals surface area contributed by atoms with E-state index in [2.05, 4.69) is 0 Å². The zero-order valence-electron chi connectivity index (χ0n) is 14.0. The van der Waals surface area contributed by atoms with Crippen molar-refractivity contribution in [3.8, 4) is 11.5 Å². The number of para-hydroxylation sites is 2. The van der Waals surface area contributed by atoms with Crippen LogP contribution in [0.1, 0.15) is 40.5 Å². The lowest BCUT2D eigenvalue weighted by molar-refractivity contribution is 0.0506. The molecule has 5 nitrogen and oxygen atoms in total. The lowest BCUT2D eigenvalue weighted by Crippen LogP contribution is -2.13. The molecule has 0 aromatic heterocycles. The van der Waals surface area contributed by atoms with E-state index in [0.29, 0.717) is 6.42 Å². The zero-order chi connectivity index (χ0) is 18.1. The van der Waals surface area contributed by atoms with Crippen LogP contribution in [-0.2, 0) is 4.74 Å². The first-order valence-corrected chi connectivity index (χ1v) is 8.04. The summed E-state index contributed by atoms with van der Waals surface area (Å²) in [7, 11) is 0. The first-order chi connectivity index (χ1) is 12.1. The first kappa shape index (κ1) is 18.3. The molecule has 2 rings (SSSR count). The van der Waals surface area contributed by atoms with Gasteiger partial charge in [-0.25, -0.2) is 9.59 Å². The summed E-state index contributed by atoms with van der Waals surface area (Å²) < 4.78 is 10.5. The third-order valence-electron chi connectivity index (χ3n) is 3.35. The molecule has 2 aromatic carbocycles. The molecule has 25 heavy (non-hydrogen) atoms. The molecule has 0 spiro atoms. The topological polar surface area (TPSA) is 72.8 Å². The van der Waals surface area contributed by atoms with Crippen molar-refractivity contribution in [2.45, 2.75) is 19.8 Å². The molecule has 0 unspecified atom stereocenters. The van der Waals surface area contributed by atoms with Gasteiger partial charge in [0.15, 0.2) is 0 Å². The molecular weight excluding hydrogens is 320 g/mol. The smallest absolute Gasteiger partial charge is 0.347 e. The normalized spacial score (nSPS) is 10.6. The van der Waals surface area contributed by atoms with Crippen LogP contribution in [0.3, 0.4) is 0 Å². The fourth-order valence-electron chi connectivity index (χ4n) is 2.11. The van der Waals surface area contributed by atoms with Crippen LogP contribution in [0.15, 0.2) is 60.7 Å². The Balaban J connectivity index is 2.07. The minimum Gasteiger partial charge on any atom is -0.507 e. The molecule has 5 heteroatoms. The summed E-state index contributed by atoms with van der Waals surface area (Å²) in [5.74, 6) is -1.41. The van der Waals surface area contributed by atoms with E-state index >= 15 is 0 Å². The van der Waals surface area contributed by atoms with Crippen LogP contribution in [0.4, 0.5) is 0 Å². The highest BCUT2D eigenvalue weighted by Crippen LogP contribution is 2.23. The van der Waals surface area contributed by atoms with Gasteiger partial charge in [-0.3, -0.25) is 0 Å². The summed E-state index contributed by atoms with van der Waals surface area (Å²) in [5, 5.41) is 9.73. The summed E-state index contributed by atoms with van der Waals surface area (Å²) >= 11 is 0. The van der Waals surface area contributed by atoms with Crippen LogP contribution in [0.5, 0.6) is 11.5 Å². The maximum atomic E-state index is 12.2. The summed E-state index contributed by atoms with van der Waals surface area (Å²) in [5.41, 5.74) is 0.182. The van der Waals surface area contributed by atoms with E-state index in [9.17, 15) is 14.7 Å². The molecule has 1 N–H and O–H groups in total. The van der Waals surface area contributed by atoms with Crippen molar-refractivity contribution in [3.63, 3.8) is 0 Å². The molecule has 0 amide bonds. The summed E-state index contributed by atoms with van der Waals surface area (Å²) in [4.78, 5) is 24.4. The Bertz CT molecular complexity index is 764. The Morgan fingerprint density at radius 1 is 0.960 bits per heavy atom. The van der Waals surface area contributed by atoms with Gasteiger partial charge in [-0.2, -0.15) is 0 Å². The highest BCUT2D eigenvalue weighted by Gasteiger charge is 2.18. The van der Waals surface area contributed by atoms with Crippen molar-refractivity contribution < 1.29 is 24.2 Å². The number of phenolic OH excluding ortho intramolecular Hbond substituents is 1. The number of rotatable bonds is 7. The monoisotopic (exact) mass is 340 g/mol. The second-order valence-electron chi connectivity index (χ2n) is 5.21. The van der Waals surface area contributed by atoms with Crippen molar-refractivity contribution in [1.82, 2.24) is 0 Å². The van der Waals surface area contributed by atoms with Gasteiger partial charge in [0.25, 0.3) is 0 Å². The van der Waals surface area contributed by atoms with Crippen LogP contribution < -0.4 is 4.74 Å². The molecule has 0 atom stereocenters. The number of carbonyl (C=O) groups is 2. The predicted molar refractivity (Wildman–Crippen MR) is 93.8 cm³/mol. The van der Waals surface area contributed by atoms with Crippen LogP contribution in [0.25, 0.3) is 0 Å². The third kappa shape index (κ3) is 5.21. The highest BCUT2D eigenvalue weighted by atomic mass is 16.5. The van der Waals surface area contributed by atoms with E-state index in [1.807, 2.05) is 19.1 Å². The highest BCUT2D eigenvalue weighted by molar-refractivity contribution is 5.97.